The van der Waals surface area contributed by atoms with Crippen LogP contribution in [0.25, 0.3) is 0 Å². The Kier molecular flexibility index (Phi) is 21.4. The Balaban J connectivity index is 0.000000504. The van der Waals surface area contributed by atoms with Gasteiger partial charge in [-0.05, 0) is 0 Å². The molecule has 0 saturated carbocycles. The maximum absolute atomic E-state index is 5.37. The molecule has 1 saturated heterocycles. The van der Waals surface area contributed by atoms with Gasteiger partial charge in [0.25, 0.3) is 0 Å². The van der Waals surface area contributed by atoms with E-state index in [1.807, 2.05) is 0 Å². The molecule has 0 atom stereocenters. The quantitative estimate of drug-likeness (QED) is 0.137. The molecular formula is C16H43N9. The molecule has 1 rings (SSSR count). The highest BCUT2D eigenvalue weighted by Crippen LogP contribution is 1.89. The highest BCUT2D eigenvalue weighted by atomic mass is 15.2. The second-order valence-electron chi connectivity index (χ2n) is 5.96. The Labute approximate surface area is 154 Å². The first-order chi connectivity index (χ1) is 12.3. The van der Waals surface area contributed by atoms with Crippen molar-refractivity contribution in [2.75, 3.05) is 105 Å². The highest BCUT2D eigenvalue weighted by molar-refractivity contribution is 4.68. The molecule has 1 fully saturated rings. The number of piperazine rings is 1. The predicted molar refractivity (Wildman–Crippen MR) is 108 cm³/mol. The zero-order valence-corrected chi connectivity index (χ0v) is 16.0. The lowest BCUT2D eigenvalue weighted by atomic mass is 10.3. The van der Waals surface area contributed by atoms with Crippen molar-refractivity contribution in [2.45, 2.75) is 0 Å². The Bertz CT molecular complexity index is 230. The molecule has 0 aliphatic carbocycles. The van der Waals surface area contributed by atoms with Crippen molar-refractivity contribution >= 4 is 0 Å². The number of hydrogen-bond acceptors (Lipinski definition) is 9. The molecule has 11 N–H and O–H groups in total. The average molecular weight is 362 g/mol. The highest BCUT2D eigenvalue weighted by Gasteiger charge is 2.07. The minimum Gasteiger partial charge on any atom is -0.329 e. The number of hydrogen-bond donors (Lipinski definition) is 8. The summed E-state index contributed by atoms with van der Waals surface area (Å²) in [7, 11) is 0. The lowest BCUT2D eigenvalue weighted by molar-refractivity contribution is 0.241. The molecule has 0 spiro atoms. The average Bonchev–Trinajstić information content (AvgIpc) is 2.65. The summed E-state index contributed by atoms with van der Waals surface area (Å²) in [6, 6.07) is 0. The van der Waals surface area contributed by atoms with Gasteiger partial charge in [0, 0.05) is 105 Å². The van der Waals surface area contributed by atoms with Gasteiger partial charge in [-0.25, -0.2) is 0 Å². The van der Waals surface area contributed by atoms with E-state index in [9.17, 15) is 0 Å². The van der Waals surface area contributed by atoms with Crippen molar-refractivity contribution in [3.8, 4) is 0 Å². The van der Waals surface area contributed by atoms with Gasteiger partial charge in [-0.15, -0.1) is 0 Å². The van der Waals surface area contributed by atoms with Gasteiger partial charge in [-0.1, -0.05) is 0 Å². The van der Waals surface area contributed by atoms with Crippen molar-refractivity contribution in [1.29, 1.82) is 0 Å². The Morgan fingerprint density at radius 1 is 0.600 bits per heavy atom. The van der Waals surface area contributed by atoms with E-state index in [2.05, 4.69) is 31.5 Å². The molecule has 0 amide bonds. The van der Waals surface area contributed by atoms with Crippen molar-refractivity contribution < 1.29 is 0 Å². The lowest BCUT2D eigenvalue weighted by Crippen LogP contribution is -2.46. The van der Waals surface area contributed by atoms with Crippen LogP contribution in [-0.2, 0) is 0 Å². The number of nitrogens with one attached hydrogen (secondary N) is 5. The Hall–Kier alpha value is -0.360. The van der Waals surface area contributed by atoms with Crippen molar-refractivity contribution in [3.63, 3.8) is 0 Å². The van der Waals surface area contributed by atoms with Crippen LogP contribution < -0.4 is 43.8 Å². The van der Waals surface area contributed by atoms with E-state index in [0.29, 0.717) is 13.1 Å². The molecule has 0 aromatic heterocycles. The van der Waals surface area contributed by atoms with Gasteiger partial charge in [0.05, 0.1) is 0 Å². The summed E-state index contributed by atoms with van der Waals surface area (Å²) in [6.07, 6.45) is 0. The van der Waals surface area contributed by atoms with E-state index >= 15 is 0 Å². The van der Waals surface area contributed by atoms with E-state index in [4.69, 9.17) is 17.2 Å². The van der Waals surface area contributed by atoms with Crippen LogP contribution in [0.3, 0.4) is 0 Å². The van der Waals surface area contributed by atoms with Crippen LogP contribution in [0.2, 0.25) is 0 Å². The molecule has 9 heteroatoms. The van der Waals surface area contributed by atoms with E-state index in [1.54, 1.807) is 0 Å². The maximum atomic E-state index is 5.37. The van der Waals surface area contributed by atoms with Gasteiger partial charge in [0.1, 0.15) is 0 Å². The largest absolute Gasteiger partial charge is 0.329 e. The number of rotatable bonds is 15. The van der Waals surface area contributed by atoms with E-state index < -0.39 is 0 Å². The smallest absolute Gasteiger partial charge is 0.0108 e. The van der Waals surface area contributed by atoms with Crippen LogP contribution in [0.5, 0.6) is 0 Å². The summed E-state index contributed by atoms with van der Waals surface area (Å²) in [5.74, 6) is 0. The third-order valence-corrected chi connectivity index (χ3v) is 3.73. The summed E-state index contributed by atoms with van der Waals surface area (Å²) in [6.45, 7) is 15.7. The molecule has 1 aliphatic rings. The van der Waals surface area contributed by atoms with Crippen LogP contribution in [0.1, 0.15) is 0 Å². The standard InChI is InChI=1S/C10H25N5.C6H18N4/c11-1-2-12-3-4-13-5-8-15-9-6-14-7-10-15;7-1-3-9-5-6-10-4-2-8/h12-14H,1-11H2;9-10H,1-8H2. The van der Waals surface area contributed by atoms with Gasteiger partial charge < -0.3 is 43.8 Å². The van der Waals surface area contributed by atoms with E-state index in [0.717, 1.165) is 72.0 Å². The molecular weight excluding hydrogens is 318 g/mol. The molecule has 9 nitrogen and oxygen atoms in total. The summed E-state index contributed by atoms with van der Waals surface area (Å²) >= 11 is 0. The van der Waals surface area contributed by atoms with Gasteiger partial charge in [-0.3, -0.25) is 4.90 Å². The van der Waals surface area contributed by atoms with Crippen LogP contribution in [-0.4, -0.2) is 110 Å². The predicted octanol–water partition coefficient (Wildman–Crippen LogP) is -3.89. The molecule has 25 heavy (non-hydrogen) atoms. The summed E-state index contributed by atoms with van der Waals surface area (Å²) in [4.78, 5) is 2.50. The second kappa shape index (κ2) is 21.7. The zero-order chi connectivity index (χ0) is 18.4. The fourth-order valence-electron chi connectivity index (χ4n) is 2.33. The summed E-state index contributed by atoms with van der Waals surface area (Å²) in [5, 5.41) is 16.4. The van der Waals surface area contributed by atoms with Gasteiger partial charge in [-0.2, -0.15) is 0 Å². The van der Waals surface area contributed by atoms with Crippen molar-refractivity contribution in [1.82, 2.24) is 31.5 Å². The first-order valence-corrected chi connectivity index (χ1v) is 9.71. The third-order valence-electron chi connectivity index (χ3n) is 3.73. The molecule has 152 valence electrons. The second-order valence-corrected chi connectivity index (χ2v) is 5.96. The normalized spacial score (nSPS) is 15.0. The fraction of sp³-hybridized carbons (Fsp3) is 1.00. The number of nitrogens with two attached hydrogens (primary N) is 3. The van der Waals surface area contributed by atoms with E-state index in [1.165, 1.54) is 19.6 Å². The molecule has 0 unspecified atom stereocenters. The van der Waals surface area contributed by atoms with Gasteiger partial charge >= 0.3 is 0 Å². The monoisotopic (exact) mass is 361 g/mol. The maximum Gasteiger partial charge on any atom is 0.0108 e. The molecule has 1 aliphatic heterocycles. The first-order valence-electron chi connectivity index (χ1n) is 9.71. The SMILES string of the molecule is NCCNCCNCCN.NCCNCCNCCN1CCNCC1. The first kappa shape index (κ1) is 24.6. The van der Waals surface area contributed by atoms with Crippen molar-refractivity contribution in [2.24, 2.45) is 17.2 Å². The lowest BCUT2D eigenvalue weighted by Gasteiger charge is -2.27. The topological polar surface area (TPSA) is 141 Å². The van der Waals surface area contributed by atoms with Crippen LogP contribution in [0.4, 0.5) is 0 Å². The summed E-state index contributed by atoms with van der Waals surface area (Å²) in [5.41, 5.74) is 15.9. The fourth-order valence-corrected chi connectivity index (χ4v) is 2.33. The van der Waals surface area contributed by atoms with E-state index in [-0.39, 0.29) is 0 Å². The minimum absolute atomic E-state index is 0.705. The molecule has 1 heterocycles. The Morgan fingerprint density at radius 3 is 1.40 bits per heavy atom. The third kappa shape index (κ3) is 19.8. The van der Waals surface area contributed by atoms with Gasteiger partial charge in [0.15, 0.2) is 0 Å². The van der Waals surface area contributed by atoms with Crippen LogP contribution in [0, 0.1) is 0 Å². The summed E-state index contributed by atoms with van der Waals surface area (Å²) < 4.78 is 0. The van der Waals surface area contributed by atoms with Crippen molar-refractivity contribution in [3.05, 3.63) is 0 Å². The minimum atomic E-state index is 0.705. The molecule has 0 radical (unpaired) electrons. The Morgan fingerprint density at radius 2 is 1.00 bits per heavy atom. The molecule has 0 aromatic carbocycles. The molecule has 0 bridgehead atoms. The van der Waals surface area contributed by atoms with Crippen LogP contribution in [0.15, 0.2) is 0 Å². The zero-order valence-electron chi connectivity index (χ0n) is 16.0. The van der Waals surface area contributed by atoms with Crippen LogP contribution >= 0.6 is 0 Å². The van der Waals surface area contributed by atoms with Gasteiger partial charge in [0.2, 0.25) is 0 Å². The number of nitrogens with zero attached hydrogens (tertiary/aromatic N) is 1. The molecule has 0 aromatic rings.